The van der Waals surface area contributed by atoms with Crippen molar-refractivity contribution in [2.45, 2.75) is 0 Å². The SMILES string of the molecule is O=[C-]C1C=CC=C1.[CH3-].[F][Co][F]. The summed E-state index contributed by atoms with van der Waals surface area (Å²) in [5.41, 5.74) is 0. The van der Waals surface area contributed by atoms with Crippen molar-refractivity contribution < 1.29 is 27.5 Å². The van der Waals surface area contributed by atoms with Gasteiger partial charge in [0, 0.05) is 0 Å². The van der Waals surface area contributed by atoms with Crippen LogP contribution in [0.15, 0.2) is 24.3 Å². The van der Waals surface area contributed by atoms with Gasteiger partial charge in [0.05, 0.1) is 0 Å². The Morgan fingerprint density at radius 2 is 1.64 bits per heavy atom. The molecule has 0 unspecified atom stereocenters. The normalized spacial score (nSPS) is 13.6. The molecule has 0 amide bonds. The van der Waals surface area contributed by atoms with Gasteiger partial charge in [-0.1, -0.05) is 12.2 Å². The number of allylic oxidation sites excluding steroid dienone is 4. The van der Waals surface area contributed by atoms with E-state index < -0.39 is 15.6 Å². The van der Waals surface area contributed by atoms with Crippen LogP contribution in [0.4, 0.5) is 7.16 Å². The minimum absolute atomic E-state index is 0. The van der Waals surface area contributed by atoms with Gasteiger partial charge in [0.25, 0.3) is 0 Å². The van der Waals surface area contributed by atoms with Gasteiger partial charge in [-0.3, -0.25) is 6.29 Å². The minimum atomic E-state index is -1.56. The van der Waals surface area contributed by atoms with Gasteiger partial charge in [0.2, 0.25) is 0 Å². The summed E-state index contributed by atoms with van der Waals surface area (Å²) in [7, 11) is 0. The Morgan fingerprint density at radius 1 is 1.27 bits per heavy atom. The Hall–Kier alpha value is -0.484. The number of rotatable bonds is 1. The van der Waals surface area contributed by atoms with E-state index in [2.05, 4.69) is 0 Å². The van der Waals surface area contributed by atoms with Crippen LogP contribution in [0.25, 0.3) is 0 Å². The first-order chi connectivity index (χ1) is 4.85. The third-order valence-corrected chi connectivity index (χ3v) is 0.884. The van der Waals surface area contributed by atoms with Crippen LogP contribution in [0, 0.1) is 13.3 Å². The van der Waals surface area contributed by atoms with Gasteiger partial charge in [0.1, 0.15) is 0 Å². The summed E-state index contributed by atoms with van der Waals surface area (Å²) >= 11 is -1.56. The molecule has 0 saturated heterocycles. The molecule has 1 nitrogen and oxygen atoms in total. The molecule has 0 radical (unpaired) electrons. The summed E-state index contributed by atoms with van der Waals surface area (Å²) < 4.78 is 19.2. The average Bonchev–Trinajstić information content (AvgIpc) is 2.39. The zero-order chi connectivity index (χ0) is 7.82. The fourth-order valence-electron chi connectivity index (χ4n) is 0.510. The third kappa shape index (κ3) is 7.41. The molecule has 0 aromatic heterocycles. The van der Waals surface area contributed by atoms with Crippen LogP contribution >= 0.6 is 0 Å². The van der Waals surface area contributed by atoms with E-state index in [4.69, 9.17) is 0 Å². The molecule has 0 atom stereocenters. The van der Waals surface area contributed by atoms with E-state index in [1.165, 1.54) is 0 Å². The van der Waals surface area contributed by atoms with Gasteiger partial charge in [-0.05, 0) is 0 Å². The van der Waals surface area contributed by atoms with Crippen LogP contribution in [0.5, 0.6) is 0 Å². The second-order valence-electron chi connectivity index (χ2n) is 1.46. The number of hydrogen-bond donors (Lipinski definition) is 0. The van der Waals surface area contributed by atoms with Crippen LogP contribution in [-0.4, -0.2) is 6.29 Å². The van der Waals surface area contributed by atoms with Crippen LogP contribution < -0.4 is 0 Å². The topological polar surface area (TPSA) is 17.1 Å². The predicted octanol–water partition coefficient (Wildman–Crippen LogP) is 2.13. The molecule has 1 aliphatic rings. The first kappa shape index (κ1) is 13.1. The van der Waals surface area contributed by atoms with Crippen molar-refractivity contribution in [2.24, 2.45) is 5.92 Å². The molecule has 1 aliphatic carbocycles. The van der Waals surface area contributed by atoms with Gasteiger partial charge < -0.3 is 12.2 Å². The van der Waals surface area contributed by atoms with E-state index in [0.717, 1.165) is 0 Å². The van der Waals surface area contributed by atoms with E-state index >= 15 is 0 Å². The summed E-state index contributed by atoms with van der Waals surface area (Å²) in [5, 5.41) is 0. The summed E-state index contributed by atoms with van der Waals surface area (Å²) in [6.45, 7) is 0. The molecule has 0 aromatic carbocycles. The Bertz CT molecular complexity index is 133. The van der Waals surface area contributed by atoms with Gasteiger partial charge >= 0.3 is 22.8 Å². The van der Waals surface area contributed by atoms with Crippen molar-refractivity contribution in [3.63, 3.8) is 0 Å². The zero-order valence-electron chi connectivity index (χ0n) is 5.88. The van der Waals surface area contributed by atoms with Gasteiger partial charge in [-0.2, -0.15) is 0 Å². The molecule has 0 aliphatic heterocycles. The summed E-state index contributed by atoms with van der Waals surface area (Å²) in [6, 6.07) is 0. The van der Waals surface area contributed by atoms with E-state index in [1.54, 1.807) is 12.2 Å². The predicted molar refractivity (Wildman–Crippen MR) is 36.1 cm³/mol. The molecular weight excluding hydrogens is 197 g/mol. The number of halogens is 2. The van der Waals surface area contributed by atoms with Crippen molar-refractivity contribution in [3.8, 4) is 0 Å². The molecule has 1 rings (SSSR count). The van der Waals surface area contributed by atoms with Gasteiger partial charge in [-0.25, -0.2) is 0 Å². The first-order valence-electron chi connectivity index (χ1n) is 2.41. The second-order valence-corrected chi connectivity index (χ2v) is 1.61. The first-order valence-corrected chi connectivity index (χ1v) is 3.20. The number of hydrogen-bond acceptors (Lipinski definition) is 1. The Kier molecular flexibility index (Phi) is 11.4. The van der Waals surface area contributed by atoms with Crippen LogP contribution in [-0.2, 0) is 20.4 Å². The van der Waals surface area contributed by atoms with Crippen molar-refractivity contribution in [1.29, 1.82) is 0 Å². The maximum atomic E-state index is 9.78. The van der Waals surface area contributed by atoms with E-state index in [-0.39, 0.29) is 13.3 Å². The quantitative estimate of drug-likeness (QED) is 0.599. The summed E-state index contributed by atoms with van der Waals surface area (Å²) in [6.07, 6.45) is 9.12. The average molecular weight is 205 g/mol. The Morgan fingerprint density at radius 3 is 1.82 bits per heavy atom. The standard InChI is InChI=1S/C6H5O.CH3.Co.2FH/c7-5-6-3-1-2-4-6;;;;/h1-4,6H;1H3;;2*1H/q2*-1;+2;;/p-2. The molecule has 0 spiro atoms. The molecule has 0 aromatic rings. The van der Waals surface area contributed by atoms with E-state index in [9.17, 15) is 12.0 Å². The van der Waals surface area contributed by atoms with Crippen molar-refractivity contribution >= 4 is 6.29 Å². The van der Waals surface area contributed by atoms with Crippen molar-refractivity contribution in [1.82, 2.24) is 0 Å². The molecule has 0 heterocycles. The second kappa shape index (κ2) is 9.52. The number of carbonyl (C=O) groups excluding carboxylic acids is 1. The molecule has 4 heteroatoms. The molecule has 0 fully saturated rings. The van der Waals surface area contributed by atoms with Crippen molar-refractivity contribution in [3.05, 3.63) is 31.7 Å². The molecule has 0 saturated carbocycles. The monoisotopic (exact) mass is 205 g/mol. The van der Waals surface area contributed by atoms with E-state index in [0.29, 0.717) is 0 Å². The van der Waals surface area contributed by atoms with Crippen molar-refractivity contribution in [2.75, 3.05) is 0 Å². The van der Waals surface area contributed by atoms with E-state index in [1.807, 2.05) is 18.4 Å². The fraction of sp³-hybridized carbons (Fsp3) is 0.143. The van der Waals surface area contributed by atoms with Crippen LogP contribution in [0.2, 0.25) is 0 Å². The van der Waals surface area contributed by atoms with Gasteiger partial charge in [-0.15, -0.1) is 18.1 Å². The zero-order valence-corrected chi connectivity index (χ0v) is 6.93. The molecule has 67 valence electrons. The molecule has 0 bridgehead atoms. The Labute approximate surface area is 72.1 Å². The molecule has 0 N–H and O–H groups in total. The van der Waals surface area contributed by atoms with Crippen LogP contribution in [0.1, 0.15) is 0 Å². The molecule has 11 heavy (non-hydrogen) atoms. The maximum absolute atomic E-state index is 9.78. The van der Waals surface area contributed by atoms with Crippen LogP contribution in [0.3, 0.4) is 0 Å². The fourth-order valence-corrected chi connectivity index (χ4v) is 0.510. The van der Waals surface area contributed by atoms with Gasteiger partial charge in [0.15, 0.2) is 0 Å². The Balaban J connectivity index is 0. The molecular formula is C7H8CoF2O-2. The third-order valence-electron chi connectivity index (χ3n) is 0.884. The summed E-state index contributed by atoms with van der Waals surface area (Å²) in [5.74, 6) is -0.0694. The summed E-state index contributed by atoms with van der Waals surface area (Å²) in [4.78, 5) is 9.78.